The molecule has 0 radical (unpaired) electrons. The van der Waals surface area contributed by atoms with Crippen molar-refractivity contribution >= 4 is 11.6 Å². The molecule has 0 fully saturated rings. The molecule has 0 saturated carbocycles. The Hall–Kier alpha value is -1.78. The minimum Gasteiger partial charge on any atom is -0.497 e. The van der Waals surface area contributed by atoms with Gasteiger partial charge >= 0.3 is 0 Å². The highest BCUT2D eigenvalue weighted by Crippen LogP contribution is 2.29. The zero-order valence-corrected chi connectivity index (χ0v) is 12.7. The van der Waals surface area contributed by atoms with E-state index in [-0.39, 0.29) is 17.7 Å². The molecule has 0 amide bonds. The van der Waals surface area contributed by atoms with Crippen molar-refractivity contribution in [3.05, 3.63) is 58.4 Å². The average Bonchev–Trinajstić information content (AvgIpc) is 2.48. The monoisotopic (exact) mass is 309 g/mol. The fourth-order valence-electron chi connectivity index (χ4n) is 1.93. The van der Waals surface area contributed by atoms with Gasteiger partial charge in [0.1, 0.15) is 23.9 Å². The van der Waals surface area contributed by atoms with Gasteiger partial charge in [0.15, 0.2) is 0 Å². The number of rotatable bonds is 5. The van der Waals surface area contributed by atoms with Crippen molar-refractivity contribution in [1.82, 2.24) is 0 Å². The van der Waals surface area contributed by atoms with E-state index in [1.165, 1.54) is 12.1 Å². The zero-order valence-electron chi connectivity index (χ0n) is 11.9. The molecule has 2 N–H and O–H groups in total. The van der Waals surface area contributed by atoms with Crippen LogP contribution in [0.4, 0.5) is 4.39 Å². The van der Waals surface area contributed by atoms with Gasteiger partial charge in [-0.3, -0.25) is 0 Å². The molecular formula is C16H17ClFNO2. The Balaban J connectivity index is 2.19. The quantitative estimate of drug-likeness (QED) is 0.905. The van der Waals surface area contributed by atoms with Crippen molar-refractivity contribution in [2.75, 3.05) is 7.11 Å². The lowest BCUT2D eigenvalue weighted by molar-refractivity contribution is 0.298. The molecule has 1 unspecified atom stereocenters. The third kappa shape index (κ3) is 3.86. The van der Waals surface area contributed by atoms with Gasteiger partial charge in [-0.25, -0.2) is 4.39 Å². The maximum Gasteiger partial charge on any atom is 0.142 e. The van der Waals surface area contributed by atoms with Gasteiger partial charge < -0.3 is 15.2 Å². The Bertz CT molecular complexity index is 632. The third-order valence-corrected chi connectivity index (χ3v) is 3.40. The predicted octanol–water partition coefficient (Wildman–Crippen LogP) is 4.09. The molecule has 0 aliphatic heterocycles. The van der Waals surface area contributed by atoms with Crippen LogP contribution in [-0.2, 0) is 6.61 Å². The second-order valence-electron chi connectivity index (χ2n) is 4.73. The minimum absolute atomic E-state index is 0.0939. The van der Waals surface area contributed by atoms with Crippen molar-refractivity contribution in [2.45, 2.75) is 19.6 Å². The van der Waals surface area contributed by atoms with Gasteiger partial charge in [0.05, 0.1) is 12.1 Å². The van der Waals surface area contributed by atoms with Crippen molar-refractivity contribution in [3.63, 3.8) is 0 Å². The maximum atomic E-state index is 13.4. The molecule has 0 spiro atoms. The van der Waals surface area contributed by atoms with E-state index < -0.39 is 5.82 Å². The Morgan fingerprint density at radius 3 is 2.62 bits per heavy atom. The lowest BCUT2D eigenvalue weighted by atomic mass is 10.1. The fourth-order valence-corrected chi connectivity index (χ4v) is 2.05. The lowest BCUT2D eigenvalue weighted by Crippen LogP contribution is -2.08. The van der Waals surface area contributed by atoms with Gasteiger partial charge in [0, 0.05) is 17.7 Å². The molecule has 0 saturated heterocycles. The summed E-state index contributed by atoms with van der Waals surface area (Å²) in [4.78, 5) is 0. The van der Waals surface area contributed by atoms with Gasteiger partial charge in [-0.15, -0.1) is 0 Å². The van der Waals surface area contributed by atoms with Crippen LogP contribution in [0.5, 0.6) is 11.5 Å². The van der Waals surface area contributed by atoms with Crippen LogP contribution in [0.1, 0.15) is 24.1 Å². The number of nitrogens with two attached hydrogens (primary N) is 1. The minimum atomic E-state index is -0.462. The van der Waals surface area contributed by atoms with Gasteiger partial charge in [0.2, 0.25) is 0 Å². The molecule has 2 aromatic carbocycles. The number of methoxy groups -OCH3 is 1. The van der Waals surface area contributed by atoms with Crippen LogP contribution in [0.25, 0.3) is 0 Å². The SMILES string of the molecule is COc1ccc(C(C)N)c(OCc2ccc(Cl)c(F)c2)c1. The summed E-state index contributed by atoms with van der Waals surface area (Å²) in [5, 5.41) is 0.0939. The third-order valence-electron chi connectivity index (χ3n) is 3.09. The number of hydrogen-bond donors (Lipinski definition) is 1. The summed E-state index contributed by atoms with van der Waals surface area (Å²) < 4.78 is 24.3. The first-order valence-corrected chi connectivity index (χ1v) is 6.89. The van der Waals surface area contributed by atoms with Crippen molar-refractivity contribution in [2.24, 2.45) is 5.73 Å². The first-order chi connectivity index (χ1) is 10.0. The summed E-state index contributed by atoms with van der Waals surface area (Å²) in [5.74, 6) is 0.840. The van der Waals surface area contributed by atoms with E-state index in [1.807, 2.05) is 19.1 Å². The topological polar surface area (TPSA) is 44.5 Å². The molecule has 112 valence electrons. The normalized spacial score (nSPS) is 12.0. The zero-order chi connectivity index (χ0) is 15.4. The van der Waals surface area contributed by atoms with E-state index in [9.17, 15) is 4.39 Å². The molecule has 21 heavy (non-hydrogen) atoms. The Kier molecular flexibility index (Phi) is 5.04. The molecule has 2 aromatic rings. The fraction of sp³-hybridized carbons (Fsp3) is 0.250. The average molecular weight is 310 g/mol. The Labute approximate surface area is 128 Å². The van der Waals surface area contributed by atoms with Gasteiger partial charge in [-0.1, -0.05) is 23.7 Å². The number of benzene rings is 2. The first kappa shape index (κ1) is 15.6. The number of halogens is 2. The summed E-state index contributed by atoms with van der Waals surface area (Å²) in [6.45, 7) is 2.09. The van der Waals surface area contributed by atoms with Crippen LogP contribution >= 0.6 is 11.6 Å². The lowest BCUT2D eigenvalue weighted by Gasteiger charge is -2.15. The van der Waals surface area contributed by atoms with Gasteiger partial charge in [-0.05, 0) is 30.7 Å². The summed E-state index contributed by atoms with van der Waals surface area (Å²) >= 11 is 5.66. The van der Waals surface area contributed by atoms with Crippen LogP contribution in [0.15, 0.2) is 36.4 Å². The Morgan fingerprint density at radius 2 is 2.00 bits per heavy atom. The number of ether oxygens (including phenoxy) is 2. The van der Waals surface area contributed by atoms with E-state index in [1.54, 1.807) is 19.2 Å². The Morgan fingerprint density at radius 1 is 1.24 bits per heavy atom. The summed E-state index contributed by atoms with van der Waals surface area (Å²) in [6.07, 6.45) is 0. The smallest absolute Gasteiger partial charge is 0.142 e. The number of hydrogen-bond acceptors (Lipinski definition) is 3. The van der Waals surface area contributed by atoms with Gasteiger partial charge in [0.25, 0.3) is 0 Å². The second kappa shape index (κ2) is 6.78. The van der Waals surface area contributed by atoms with E-state index in [0.29, 0.717) is 17.1 Å². The van der Waals surface area contributed by atoms with E-state index >= 15 is 0 Å². The van der Waals surface area contributed by atoms with Crippen LogP contribution < -0.4 is 15.2 Å². The molecule has 0 bridgehead atoms. The van der Waals surface area contributed by atoms with Crippen molar-refractivity contribution < 1.29 is 13.9 Å². The standard InChI is InChI=1S/C16H17ClFNO2/c1-10(19)13-5-4-12(20-2)8-16(13)21-9-11-3-6-14(17)15(18)7-11/h3-8,10H,9,19H2,1-2H3. The van der Waals surface area contributed by atoms with Crippen molar-refractivity contribution in [3.8, 4) is 11.5 Å². The molecule has 0 heterocycles. The molecule has 0 aliphatic carbocycles. The van der Waals surface area contributed by atoms with E-state index in [2.05, 4.69) is 0 Å². The molecule has 0 aromatic heterocycles. The summed E-state index contributed by atoms with van der Waals surface area (Å²) in [6, 6.07) is 9.87. The highest BCUT2D eigenvalue weighted by Gasteiger charge is 2.10. The van der Waals surface area contributed by atoms with Gasteiger partial charge in [-0.2, -0.15) is 0 Å². The van der Waals surface area contributed by atoms with Crippen LogP contribution in [-0.4, -0.2) is 7.11 Å². The largest absolute Gasteiger partial charge is 0.497 e. The molecule has 3 nitrogen and oxygen atoms in total. The molecule has 5 heteroatoms. The highest BCUT2D eigenvalue weighted by molar-refractivity contribution is 6.30. The molecule has 2 rings (SSSR count). The van der Waals surface area contributed by atoms with E-state index in [4.69, 9.17) is 26.8 Å². The summed E-state index contributed by atoms with van der Waals surface area (Å²) in [5.41, 5.74) is 7.48. The van der Waals surface area contributed by atoms with Crippen LogP contribution in [0.3, 0.4) is 0 Å². The predicted molar refractivity (Wildman–Crippen MR) is 81.3 cm³/mol. The summed E-state index contributed by atoms with van der Waals surface area (Å²) in [7, 11) is 1.58. The second-order valence-corrected chi connectivity index (χ2v) is 5.14. The van der Waals surface area contributed by atoms with E-state index in [0.717, 1.165) is 5.56 Å². The molecular weight excluding hydrogens is 293 g/mol. The highest BCUT2D eigenvalue weighted by atomic mass is 35.5. The first-order valence-electron chi connectivity index (χ1n) is 6.51. The molecule has 0 aliphatic rings. The van der Waals surface area contributed by atoms with Crippen LogP contribution in [0.2, 0.25) is 5.02 Å². The molecule has 1 atom stereocenters. The maximum absolute atomic E-state index is 13.4. The van der Waals surface area contributed by atoms with Crippen LogP contribution in [0, 0.1) is 5.82 Å². The van der Waals surface area contributed by atoms with Crippen molar-refractivity contribution in [1.29, 1.82) is 0 Å².